The van der Waals surface area contributed by atoms with Crippen LogP contribution in [0.3, 0.4) is 0 Å². The number of nitrogens with zero attached hydrogens (tertiary/aromatic N) is 5. The number of carbonyl (C=O) groups is 1. The number of thioether (sulfide) groups is 1. The topological polar surface area (TPSA) is 88.4 Å². The van der Waals surface area contributed by atoms with Crippen LogP contribution >= 0.6 is 11.8 Å². The third-order valence-electron chi connectivity index (χ3n) is 6.40. The van der Waals surface area contributed by atoms with E-state index >= 15 is 0 Å². The quantitative estimate of drug-likeness (QED) is 0.483. The van der Waals surface area contributed by atoms with Gasteiger partial charge in [0, 0.05) is 43.5 Å². The van der Waals surface area contributed by atoms with Gasteiger partial charge in [-0.05, 0) is 18.6 Å². The molecular weight excluding hydrogens is 470 g/mol. The van der Waals surface area contributed by atoms with Crippen LogP contribution in [0.4, 0.5) is 0 Å². The fourth-order valence-corrected chi connectivity index (χ4v) is 7.18. The smallest absolute Gasteiger partial charge is 0.233 e. The minimum atomic E-state index is -2.90. The van der Waals surface area contributed by atoms with E-state index in [-0.39, 0.29) is 29.2 Å². The molecule has 8 nitrogen and oxygen atoms in total. The molecule has 0 aliphatic carbocycles. The van der Waals surface area contributed by atoms with E-state index in [0.717, 1.165) is 30.2 Å². The van der Waals surface area contributed by atoms with E-state index in [0.29, 0.717) is 24.7 Å². The van der Waals surface area contributed by atoms with Crippen molar-refractivity contribution in [2.24, 2.45) is 0 Å². The van der Waals surface area contributed by atoms with Crippen molar-refractivity contribution in [3.05, 3.63) is 60.7 Å². The summed E-state index contributed by atoms with van der Waals surface area (Å²) in [6.07, 6.45) is 0.699. The Morgan fingerprint density at radius 3 is 2.26 bits per heavy atom. The molecule has 0 bridgehead atoms. The van der Waals surface area contributed by atoms with Gasteiger partial charge in [0.25, 0.3) is 0 Å². The Kier molecular flexibility index (Phi) is 6.71. The molecule has 1 aromatic heterocycles. The van der Waals surface area contributed by atoms with Gasteiger partial charge in [0.2, 0.25) is 5.91 Å². The Morgan fingerprint density at radius 1 is 0.941 bits per heavy atom. The van der Waals surface area contributed by atoms with E-state index in [1.54, 1.807) is 0 Å². The number of sulfone groups is 1. The van der Waals surface area contributed by atoms with Gasteiger partial charge in [-0.25, -0.2) is 8.42 Å². The lowest BCUT2D eigenvalue weighted by atomic mass is 10.2. The first kappa shape index (κ1) is 23.1. The highest BCUT2D eigenvalue weighted by Crippen LogP contribution is 2.28. The summed E-state index contributed by atoms with van der Waals surface area (Å²) in [6, 6.07) is 19.9. The van der Waals surface area contributed by atoms with E-state index in [9.17, 15) is 13.2 Å². The lowest BCUT2D eigenvalue weighted by molar-refractivity contribution is -0.130. The number of hydrogen-bond acceptors (Lipinski definition) is 7. The molecule has 0 radical (unpaired) electrons. The van der Waals surface area contributed by atoms with Crippen LogP contribution in [0.2, 0.25) is 0 Å². The van der Waals surface area contributed by atoms with Crippen LogP contribution in [0, 0.1) is 0 Å². The van der Waals surface area contributed by atoms with Gasteiger partial charge in [0.15, 0.2) is 20.8 Å². The number of amides is 1. The number of hydrogen-bond donors (Lipinski definition) is 0. The van der Waals surface area contributed by atoms with Gasteiger partial charge in [0.1, 0.15) is 0 Å². The van der Waals surface area contributed by atoms with Crippen molar-refractivity contribution in [2.75, 3.05) is 43.4 Å². The number of para-hydroxylation sites is 1. The second-order valence-electron chi connectivity index (χ2n) is 8.61. The molecule has 3 heterocycles. The van der Waals surface area contributed by atoms with Crippen LogP contribution in [0.1, 0.15) is 6.42 Å². The van der Waals surface area contributed by atoms with Crippen LogP contribution in [0.25, 0.3) is 17.1 Å². The monoisotopic (exact) mass is 497 g/mol. The SMILES string of the molecule is O=C(CSc1nnc(-c2ccccc2)n1-c1ccccc1)N1CCN(C2CCS(=O)(=O)C2)CC1. The van der Waals surface area contributed by atoms with E-state index in [1.807, 2.05) is 70.1 Å². The standard InChI is InChI=1S/C24H27N5O3S2/c30-22(28-14-12-27(13-15-28)21-11-16-34(31,32)18-21)17-33-24-26-25-23(19-7-3-1-4-8-19)29(24)20-9-5-2-6-10-20/h1-10,21H,11-18H2. The number of aromatic nitrogens is 3. The van der Waals surface area contributed by atoms with Crippen molar-refractivity contribution < 1.29 is 13.2 Å². The summed E-state index contributed by atoms with van der Waals surface area (Å²) in [5.41, 5.74) is 1.91. The summed E-state index contributed by atoms with van der Waals surface area (Å²) in [7, 11) is -2.90. The van der Waals surface area contributed by atoms with Gasteiger partial charge in [-0.2, -0.15) is 0 Å². The molecule has 34 heavy (non-hydrogen) atoms. The number of benzene rings is 2. The lowest BCUT2D eigenvalue weighted by Gasteiger charge is -2.37. The Balaban J connectivity index is 1.25. The number of rotatable bonds is 6. The zero-order valence-electron chi connectivity index (χ0n) is 18.8. The van der Waals surface area contributed by atoms with Gasteiger partial charge in [-0.3, -0.25) is 14.3 Å². The molecule has 3 aromatic rings. The normalized spacial score (nSPS) is 20.5. The minimum Gasteiger partial charge on any atom is -0.339 e. The third kappa shape index (κ3) is 5.03. The van der Waals surface area contributed by atoms with E-state index in [1.165, 1.54) is 11.8 Å². The highest BCUT2D eigenvalue weighted by Gasteiger charge is 2.34. The highest BCUT2D eigenvalue weighted by atomic mass is 32.2. The molecule has 10 heteroatoms. The van der Waals surface area contributed by atoms with E-state index in [2.05, 4.69) is 15.1 Å². The first-order chi connectivity index (χ1) is 16.5. The third-order valence-corrected chi connectivity index (χ3v) is 9.06. The molecule has 2 aliphatic rings. The summed E-state index contributed by atoms with van der Waals surface area (Å²) in [4.78, 5) is 17.1. The molecule has 2 aromatic carbocycles. The average molecular weight is 498 g/mol. The van der Waals surface area contributed by atoms with Crippen LogP contribution in [-0.4, -0.2) is 88.4 Å². The molecule has 178 valence electrons. The molecular formula is C24H27N5O3S2. The van der Waals surface area contributed by atoms with Crippen molar-refractivity contribution in [2.45, 2.75) is 17.6 Å². The van der Waals surface area contributed by atoms with Crippen LogP contribution in [-0.2, 0) is 14.6 Å². The zero-order valence-corrected chi connectivity index (χ0v) is 20.4. The Morgan fingerprint density at radius 2 is 1.62 bits per heavy atom. The van der Waals surface area contributed by atoms with Crippen LogP contribution in [0.5, 0.6) is 0 Å². The van der Waals surface area contributed by atoms with E-state index < -0.39 is 9.84 Å². The Hall–Kier alpha value is -2.69. The second kappa shape index (κ2) is 9.89. The van der Waals surface area contributed by atoms with Crippen LogP contribution < -0.4 is 0 Å². The van der Waals surface area contributed by atoms with Crippen molar-refractivity contribution in [1.82, 2.24) is 24.6 Å². The van der Waals surface area contributed by atoms with Gasteiger partial charge in [0.05, 0.1) is 17.3 Å². The van der Waals surface area contributed by atoms with Crippen molar-refractivity contribution in [1.29, 1.82) is 0 Å². The summed E-state index contributed by atoms with van der Waals surface area (Å²) < 4.78 is 25.6. The van der Waals surface area contributed by atoms with Crippen molar-refractivity contribution >= 4 is 27.5 Å². The summed E-state index contributed by atoms with van der Waals surface area (Å²) in [6.45, 7) is 2.68. The highest BCUT2D eigenvalue weighted by molar-refractivity contribution is 7.99. The zero-order chi connectivity index (χ0) is 23.5. The van der Waals surface area contributed by atoms with Crippen molar-refractivity contribution in [3.8, 4) is 17.1 Å². The fourth-order valence-electron chi connectivity index (χ4n) is 4.56. The van der Waals surface area contributed by atoms with Gasteiger partial charge in [-0.1, -0.05) is 60.3 Å². The average Bonchev–Trinajstić information content (AvgIpc) is 3.46. The molecule has 0 spiro atoms. The number of piperazine rings is 1. The lowest BCUT2D eigenvalue weighted by Crippen LogP contribution is -2.52. The molecule has 2 fully saturated rings. The largest absolute Gasteiger partial charge is 0.339 e. The number of carbonyl (C=O) groups excluding carboxylic acids is 1. The Bertz CT molecular complexity index is 1240. The Labute approximate surface area is 203 Å². The molecule has 5 rings (SSSR count). The molecule has 0 saturated carbocycles. The first-order valence-electron chi connectivity index (χ1n) is 11.4. The summed E-state index contributed by atoms with van der Waals surface area (Å²) >= 11 is 1.39. The van der Waals surface area contributed by atoms with E-state index in [4.69, 9.17) is 0 Å². The predicted octanol–water partition coefficient (Wildman–Crippen LogP) is 2.36. The maximum atomic E-state index is 13.0. The molecule has 1 unspecified atom stereocenters. The molecule has 2 saturated heterocycles. The first-order valence-corrected chi connectivity index (χ1v) is 14.2. The molecule has 2 aliphatic heterocycles. The molecule has 0 N–H and O–H groups in total. The van der Waals surface area contributed by atoms with Crippen molar-refractivity contribution in [3.63, 3.8) is 0 Å². The second-order valence-corrected chi connectivity index (χ2v) is 11.8. The van der Waals surface area contributed by atoms with Gasteiger partial charge >= 0.3 is 0 Å². The summed E-state index contributed by atoms with van der Waals surface area (Å²) in [5, 5.41) is 9.51. The molecule has 1 atom stereocenters. The van der Waals surface area contributed by atoms with Crippen LogP contribution in [0.15, 0.2) is 65.8 Å². The predicted molar refractivity (Wildman–Crippen MR) is 133 cm³/mol. The maximum Gasteiger partial charge on any atom is 0.233 e. The van der Waals surface area contributed by atoms with Gasteiger partial charge < -0.3 is 4.90 Å². The fraction of sp³-hybridized carbons (Fsp3) is 0.375. The van der Waals surface area contributed by atoms with Gasteiger partial charge in [-0.15, -0.1) is 10.2 Å². The molecule has 1 amide bonds. The summed E-state index contributed by atoms with van der Waals surface area (Å²) in [5.74, 6) is 1.60. The maximum absolute atomic E-state index is 13.0. The minimum absolute atomic E-state index is 0.0626.